The second-order valence-electron chi connectivity index (χ2n) is 5.90. The lowest BCUT2D eigenvalue weighted by Gasteiger charge is -2.10. The van der Waals surface area contributed by atoms with E-state index in [1.165, 1.54) is 30.3 Å². The lowest BCUT2D eigenvalue weighted by atomic mass is 10.2. The molecule has 0 aliphatic rings. The molecule has 1 aromatic heterocycles. The van der Waals surface area contributed by atoms with E-state index in [0.29, 0.717) is 5.82 Å². The Balaban J connectivity index is 1.71. The first kappa shape index (κ1) is 17.9. The number of nitrogens with zero attached hydrogens (tertiary/aromatic N) is 2. The van der Waals surface area contributed by atoms with Crippen molar-refractivity contribution in [1.82, 2.24) is 10.1 Å². The number of benzene rings is 3. The first-order valence-electron chi connectivity index (χ1n) is 8.30. The van der Waals surface area contributed by atoms with E-state index in [2.05, 4.69) is 14.9 Å². The maximum atomic E-state index is 13.1. The molecule has 0 aliphatic heterocycles. The van der Waals surface area contributed by atoms with E-state index in [0.717, 1.165) is 5.56 Å². The fourth-order valence-corrected chi connectivity index (χ4v) is 3.90. The highest BCUT2D eigenvalue weighted by Gasteiger charge is 2.23. The number of sulfonamides is 1. The van der Waals surface area contributed by atoms with Crippen molar-refractivity contribution >= 4 is 15.7 Å². The molecule has 0 amide bonds. The minimum atomic E-state index is -3.96. The van der Waals surface area contributed by atoms with Crippen LogP contribution in [-0.4, -0.2) is 18.6 Å². The van der Waals surface area contributed by atoms with Crippen LogP contribution in [0, 0.1) is 5.82 Å². The minimum Gasteiger partial charge on any atom is -0.334 e. The highest BCUT2D eigenvalue weighted by Crippen LogP contribution is 2.29. The fraction of sp³-hybridized carbons (Fsp3) is 0. The van der Waals surface area contributed by atoms with Gasteiger partial charge in [0.2, 0.25) is 5.82 Å². The SMILES string of the molecule is O=S(=O)(Nc1ccc(F)cc1)c1ccccc1-c1nc(-c2ccccc2)no1. The third kappa shape index (κ3) is 3.63. The molecule has 3 aromatic carbocycles. The van der Waals surface area contributed by atoms with Crippen LogP contribution in [0.4, 0.5) is 10.1 Å². The molecule has 4 aromatic rings. The summed E-state index contributed by atoms with van der Waals surface area (Å²) in [5.41, 5.74) is 1.26. The Labute approximate surface area is 160 Å². The molecule has 0 radical (unpaired) electrons. The van der Waals surface area contributed by atoms with Gasteiger partial charge in [0.15, 0.2) is 0 Å². The van der Waals surface area contributed by atoms with Crippen molar-refractivity contribution < 1.29 is 17.3 Å². The summed E-state index contributed by atoms with van der Waals surface area (Å²) in [6.07, 6.45) is 0. The number of anilines is 1. The number of rotatable bonds is 5. The van der Waals surface area contributed by atoms with Crippen LogP contribution in [-0.2, 0) is 10.0 Å². The van der Waals surface area contributed by atoms with Gasteiger partial charge in [-0.3, -0.25) is 4.72 Å². The molecular weight excluding hydrogens is 381 g/mol. The summed E-state index contributed by atoms with van der Waals surface area (Å²) in [6, 6.07) is 20.5. The molecule has 0 aliphatic carbocycles. The third-order valence-corrected chi connectivity index (χ3v) is 5.40. The molecule has 0 unspecified atom stereocenters. The Hall–Kier alpha value is -3.52. The van der Waals surface area contributed by atoms with Gasteiger partial charge in [-0.25, -0.2) is 12.8 Å². The molecule has 1 heterocycles. The zero-order valence-electron chi connectivity index (χ0n) is 14.4. The molecule has 6 nitrogen and oxygen atoms in total. The number of halogens is 1. The molecule has 0 bridgehead atoms. The van der Waals surface area contributed by atoms with Gasteiger partial charge in [-0.1, -0.05) is 47.6 Å². The predicted octanol–water partition coefficient (Wildman–Crippen LogP) is 4.34. The van der Waals surface area contributed by atoms with Gasteiger partial charge in [0.1, 0.15) is 10.7 Å². The molecule has 0 fully saturated rings. The zero-order valence-corrected chi connectivity index (χ0v) is 15.2. The molecule has 0 saturated heterocycles. The molecule has 1 N–H and O–H groups in total. The molecule has 0 atom stereocenters. The first-order chi connectivity index (χ1) is 13.5. The van der Waals surface area contributed by atoms with Crippen LogP contribution in [0.3, 0.4) is 0 Å². The number of hydrogen-bond acceptors (Lipinski definition) is 5. The van der Waals surface area contributed by atoms with E-state index in [-0.39, 0.29) is 22.0 Å². The maximum Gasteiger partial charge on any atom is 0.262 e. The number of hydrogen-bond donors (Lipinski definition) is 1. The van der Waals surface area contributed by atoms with Crippen molar-refractivity contribution in [3.8, 4) is 22.8 Å². The average Bonchev–Trinajstić information content (AvgIpc) is 3.20. The lowest BCUT2D eigenvalue weighted by Crippen LogP contribution is -2.14. The van der Waals surface area contributed by atoms with Crippen molar-refractivity contribution in [3.63, 3.8) is 0 Å². The van der Waals surface area contributed by atoms with Crippen LogP contribution in [0.2, 0.25) is 0 Å². The van der Waals surface area contributed by atoms with E-state index in [1.54, 1.807) is 18.2 Å². The molecule has 28 heavy (non-hydrogen) atoms. The molecule has 8 heteroatoms. The third-order valence-electron chi connectivity index (χ3n) is 3.96. The van der Waals surface area contributed by atoms with Crippen LogP contribution in [0.5, 0.6) is 0 Å². The van der Waals surface area contributed by atoms with Crippen molar-refractivity contribution in [2.24, 2.45) is 0 Å². The smallest absolute Gasteiger partial charge is 0.262 e. The van der Waals surface area contributed by atoms with E-state index in [1.807, 2.05) is 30.3 Å². The quantitative estimate of drug-likeness (QED) is 0.543. The topological polar surface area (TPSA) is 85.1 Å². The largest absolute Gasteiger partial charge is 0.334 e. The zero-order chi connectivity index (χ0) is 19.6. The van der Waals surface area contributed by atoms with Gasteiger partial charge in [-0.05, 0) is 36.4 Å². The van der Waals surface area contributed by atoms with E-state index >= 15 is 0 Å². The second-order valence-corrected chi connectivity index (χ2v) is 7.55. The summed E-state index contributed by atoms with van der Waals surface area (Å²) in [4.78, 5) is 4.30. The first-order valence-corrected chi connectivity index (χ1v) is 9.78. The lowest BCUT2D eigenvalue weighted by molar-refractivity contribution is 0.431. The fourth-order valence-electron chi connectivity index (χ4n) is 2.64. The highest BCUT2D eigenvalue weighted by molar-refractivity contribution is 7.92. The van der Waals surface area contributed by atoms with E-state index < -0.39 is 15.8 Å². The van der Waals surface area contributed by atoms with Gasteiger partial charge >= 0.3 is 0 Å². The van der Waals surface area contributed by atoms with Gasteiger partial charge in [-0.2, -0.15) is 4.98 Å². The van der Waals surface area contributed by atoms with Gasteiger partial charge < -0.3 is 4.52 Å². The predicted molar refractivity (Wildman–Crippen MR) is 102 cm³/mol. The molecule has 0 spiro atoms. The van der Waals surface area contributed by atoms with Gasteiger partial charge in [-0.15, -0.1) is 0 Å². The summed E-state index contributed by atoms with van der Waals surface area (Å²) in [6.45, 7) is 0. The number of aromatic nitrogens is 2. The Morgan fingerprint density at radius 1 is 0.857 bits per heavy atom. The van der Waals surface area contributed by atoms with Crippen LogP contribution in [0.25, 0.3) is 22.8 Å². The Bertz CT molecular complexity index is 1210. The second kappa shape index (κ2) is 7.24. The summed E-state index contributed by atoms with van der Waals surface area (Å²) in [5.74, 6) is -0.0177. The van der Waals surface area contributed by atoms with E-state index in [4.69, 9.17) is 4.52 Å². The molecule has 140 valence electrons. The minimum absolute atomic E-state index is 0.0254. The number of nitrogens with one attached hydrogen (secondary N) is 1. The average molecular weight is 395 g/mol. The summed E-state index contributed by atoms with van der Waals surface area (Å²) >= 11 is 0. The van der Waals surface area contributed by atoms with Crippen molar-refractivity contribution in [2.45, 2.75) is 4.90 Å². The van der Waals surface area contributed by atoms with Crippen LogP contribution in [0.15, 0.2) is 88.3 Å². The van der Waals surface area contributed by atoms with Crippen LogP contribution < -0.4 is 4.72 Å². The standard InChI is InChI=1S/C20H14FN3O3S/c21-15-10-12-16(13-11-15)24-28(25,26)18-9-5-4-8-17(18)20-22-19(23-27-20)14-6-2-1-3-7-14/h1-13,24H. The Kier molecular flexibility index (Phi) is 4.62. The van der Waals surface area contributed by atoms with Gasteiger partial charge in [0.05, 0.1) is 5.56 Å². The maximum absolute atomic E-state index is 13.1. The van der Waals surface area contributed by atoms with Gasteiger partial charge in [0, 0.05) is 11.3 Å². The summed E-state index contributed by atoms with van der Waals surface area (Å²) in [7, 11) is -3.96. The van der Waals surface area contributed by atoms with Crippen molar-refractivity contribution in [2.75, 3.05) is 4.72 Å². The monoisotopic (exact) mass is 395 g/mol. The summed E-state index contributed by atoms with van der Waals surface area (Å²) in [5, 5.41) is 3.94. The summed E-state index contributed by atoms with van der Waals surface area (Å²) < 4.78 is 46.5. The molecule has 4 rings (SSSR count). The highest BCUT2D eigenvalue weighted by atomic mass is 32.2. The van der Waals surface area contributed by atoms with Crippen molar-refractivity contribution in [3.05, 3.63) is 84.7 Å². The normalized spacial score (nSPS) is 11.3. The van der Waals surface area contributed by atoms with Crippen molar-refractivity contribution in [1.29, 1.82) is 0 Å². The molecule has 0 saturated carbocycles. The Morgan fingerprint density at radius 2 is 1.54 bits per heavy atom. The Morgan fingerprint density at radius 3 is 2.29 bits per heavy atom. The van der Waals surface area contributed by atoms with Crippen LogP contribution in [0.1, 0.15) is 0 Å². The molecular formula is C20H14FN3O3S. The van der Waals surface area contributed by atoms with Crippen LogP contribution >= 0.6 is 0 Å². The van der Waals surface area contributed by atoms with E-state index in [9.17, 15) is 12.8 Å². The van der Waals surface area contributed by atoms with Gasteiger partial charge in [0.25, 0.3) is 15.9 Å².